The van der Waals surface area contributed by atoms with Crippen LogP contribution < -0.4 is 5.32 Å². The molecule has 0 aliphatic rings. The summed E-state index contributed by atoms with van der Waals surface area (Å²) in [6, 6.07) is 10.3. The van der Waals surface area contributed by atoms with Gasteiger partial charge in [-0.15, -0.1) is 5.10 Å². The maximum atomic E-state index is 12.6. The van der Waals surface area contributed by atoms with Crippen molar-refractivity contribution in [3.05, 3.63) is 63.2 Å². The molecule has 2 aromatic carbocycles. The Balaban J connectivity index is 1.73. The number of H-pyrrole nitrogens is 1. The summed E-state index contributed by atoms with van der Waals surface area (Å²) >= 11 is 1.18. The molecule has 0 fully saturated rings. The normalized spacial score (nSPS) is 11.9. The van der Waals surface area contributed by atoms with Crippen LogP contribution in [-0.4, -0.2) is 31.3 Å². The Hall–Kier alpha value is -3.20. The SMILES string of the molecule is Cc1cc(C)c(NC(=O)[C@H](C)Sc2n[nH]c(-c3ccccc3[N+](=O)[O-])n2)c(C)c1. The van der Waals surface area contributed by atoms with E-state index in [-0.39, 0.29) is 17.4 Å². The van der Waals surface area contributed by atoms with Crippen molar-refractivity contribution in [3.8, 4) is 11.4 Å². The van der Waals surface area contributed by atoms with E-state index >= 15 is 0 Å². The van der Waals surface area contributed by atoms with Gasteiger partial charge in [0.15, 0.2) is 5.82 Å². The minimum atomic E-state index is -0.465. The van der Waals surface area contributed by atoms with Gasteiger partial charge in [0.05, 0.1) is 15.7 Å². The number of nitro groups is 1. The van der Waals surface area contributed by atoms with Crippen LogP contribution >= 0.6 is 11.8 Å². The minimum absolute atomic E-state index is 0.0590. The zero-order valence-corrected chi connectivity index (χ0v) is 17.3. The molecule has 9 heteroatoms. The van der Waals surface area contributed by atoms with E-state index in [4.69, 9.17) is 0 Å². The van der Waals surface area contributed by atoms with E-state index in [0.717, 1.165) is 22.4 Å². The van der Waals surface area contributed by atoms with Crippen molar-refractivity contribution >= 4 is 29.0 Å². The van der Waals surface area contributed by atoms with Crippen LogP contribution in [-0.2, 0) is 4.79 Å². The molecule has 1 aromatic heterocycles. The number of benzene rings is 2. The Labute approximate surface area is 172 Å². The summed E-state index contributed by atoms with van der Waals surface area (Å²) in [5.74, 6) is 0.125. The highest BCUT2D eigenvalue weighted by molar-refractivity contribution is 8.00. The lowest BCUT2D eigenvalue weighted by molar-refractivity contribution is -0.384. The molecule has 1 heterocycles. The van der Waals surface area contributed by atoms with Crippen LogP contribution in [0.3, 0.4) is 0 Å². The molecule has 3 rings (SSSR count). The molecule has 0 saturated heterocycles. The lowest BCUT2D eigenvalue weighted by atomic mass is 10.1. The van der Waals surface area contributed by atoms with E-state index in [1.165, 1.54) is 17.8 Å². The predicted molar refractivity (Wildman–Crippen MR) is 113 cm³/mol. The predicted octanol–water partition coefficient (Wildman–Crippen LogP) is 4.42. The summed E-state index contributed by atoms with van der Waals surface area (Å²) in [5.41, 5.74) is 4.25. The number of hydrogen-bond donors (Lipinski definition) is 2. The molecule has 0 spiro atoms. The van der Waals surface area contributed by atoms with Crippen LogP contribution in [0.5, 0.6) is 0 Å². The maximum absolute atomic E-state index is 12.6. The number of carbonyl (C=O) groups excluding carboxylic acids is 1. The third kappa shape index (κ3) is 4.62. The molecule has 0 unspecified atom stereocenters. The number of amides is 1. The molecule has 0 saturated carbocycles. The van der Waals surface area contributed by atoms with E-state index in [1.54, 1.807) is 25.1 Å². The molecule has 2 N–H and O–H groups in total. The molecule has 0 aliphatic carbocycles. The first-order valence-corrected chi connectivity index (χ1v) is 9.85. The van der Waals surface area contributed by atoms with E-state index in [9.17, 15) is 14.9 Å². The molecule has 0 radical (unpaired) electrons. The molecule has 0 bridgehead atoms. The number of nitro benzene ring substituents is 1. The molecule has 3 aromatic rings. The maximum Gasteiger partial charge on any atom is 0.280 e. The van der Waals surface area contributed by atoms with Crippen LogP contribution in [0, 0.1) is 30.9 Å². The summed E-state index contributed by atoms with van der Waals surface area (Å²) in [4.78, 5) is 27.7. The van der Waals surface area contributed by atoms with Crippen molar-refractivity contribution in [1.29, 1.82) is 0 Å². The fourth-order valence-corrected chi connectivity index (χ4v) is 3.79. The lowest BCUT2D eigenvalue weighted by Gasteiger charge is -2.15. The van der Waals surface area contributed by atoms with Crippen molar-refractivity contribution in [2.75, 3.05) is 5.32 Å². The van der Waals surface area contributed by atoms with E-state index in [0.29, 0.717) is 10.7 Å². The highest BCUT2D eigenvalue weighted by Gasteiger charge is 2.21. The van der Waals surface area contributed by atoms with Gasteiger partial charge in [-0.1, -0.05) is 41.6 Å². The summed E-state index contributed by atoms with van der Waals surface area (Å²) in [6.45, 7) is 7.70. The molecule has 150 valence electrons. The lowest BCUT2D eigenvalue weighted by Crippen LogP contribution is -2.23. The van der Waals surface area contributed by atoms with Gasteiger partial charge in [0, 0.05) is 11.8 Å². The fourth-order valence-electron chi connectivity index (χ4n) is 3.07. The second-order valence-electron chi connectivity index (χ2n) is 6.76. The Morgan fingerprint density at radius 1 is 1.21 bits per heavy atom. The zero-order chi connectivity index (χ0) is 21.1. The first-order valence-electron chi connectivity index (χ1n) is 8.98. The number of aromatic amines is 1. The van der Waals surface area contributed by atoms with Crippen LogP contribution in [0.25, 0.3) is 11.4 Å². The fraction of sp³-hybridized carbons (Fsp3) is 0.250. The number of aromatic nitrogens is 3. The molecule has 0 aliphatic heterocycles. The van der Waals surface area contributed by atoms with Gasteiger partial charge in [0.25, 0.3) is 5.69 Å². The quantitative estimate of drug-likeness (QED) is 0.352. The van der Waals surface area contributed by atoms with Crippen molar-refractivity contribution in [2.45, 2.75) is 38.1 Å². The Morgan fingerprint density at radius 3 is 2.52 bits per heavy atom. The average molecular weight is 411 g/mol. The monoisotopic (exact) mass is 411 g/mol. The van der Waals surface area contributed by atoms with Gasteiger partial charge in [0.1, 0.15) is 0 Å². The number of anilines is 1. The van der Waals surface area contributed by atoms with Crippen LogP contribution in [0.2, 0.25) is 0 Å². The minimum Gasteiger partial charge on any atom is -0.325 e. The third-order valence-corrected chi connectivity index (χ3v) is 5.36. The van der Waals surface area contributed by atoms with Crippen LogP contribution in [0.4, 0.5) is 11.4 Å². The largest absolute Gasteiger partial charge is 0.325 e. The Morgan fingerprint density at radius 2 is 1.86 bits per heavy atom. The Kier molecular flexibility index (Phi) is 5.97. The highest BCUT2D eigenvalue weighted by atomic mass is 32.2. The number of aryl methyl sites for hydroxylation is 3. The number of thioether (sulfide) groups is 1. The summed E-state index contributed by atoms with van der Waals surface area (Å²) in [7, 11) is 0. The number of carbonyl (C=O) groups is 1. The summed E-state index contributed by atoms with van der Waals surface area (Å²) in [6.07, 6.45) is 0. The first kappa shape index (κ1) is 20.5. The van der Waals surface area contributed by atoms with E-state index in [1.807, 2.05) is 32.9 Å². The second kappa shape index (κ2) is 8.44. The topological polar surface area (TPSA) is 114 Å². The van der Waals surface area contributed by atoms with Gasteiger partial charge in [-0.3, -0.25) is 20.0 Å². The van der Waals surface area contributed by atoms with Gasteiger partial charge >= 0.3 is 0 Å². The van der Waals surface area contributed by atoms with Crippen LogP contribution in [0.15, 0.2) is 41.6 Å². The molecular weight excluding hydrogens is 390 g/mol. The summed E-state index contributed by atoms with van der Waals surface area (Å²) < 4.78 is 0. The number of para-hydroxylation sites is 1. The molecule has 29 heavy (non-hydrogen) atoms. The second-order valence-corrected chi connectivity index (χ2v) is 8.07. The molecule has 1 amide bonds. The molecule has 8 nitrogen and oxygen atoms in total. The number of hydrogen-bond acceptors (Lipinski definition) is 6. The van der Waals surface area contributed by atoms with Crippen molar-refractivity contribution in [3.63, 3.8) is 0 Å². The van der Waals surface area contributed by atoms with Gasteiger partial charge in [0.2, 0.25) is 11.1 Å². The Bertz CT molecular complexity index is 1060. The van der Waals surface area contributed by atoms with Gasteiger partial charge in [-0.05, 0) is 44.9 Å². The standard InChI is InChI=1S/C20H21N5O3S/c1-11-9-12(2)17(13(3)10-11)21-19(26)14(4)29-20-22-18(23-24-20)15-7-5-6-8-16(15)25(27)28/h5-10,14H,1-4H3,(H,21,26)(H,22,23,24)/t14-/m0/s1. The smallest absolute Gasteiger partial charge is 0.280 e. The third-order valence-electron chi connectivity index (χ3n) is 4.40. The van der Waals surface area contributed by atoms with Crippen LogP contribution in [0.1, 0.15) is 23.6 Å². The van der Waals surface area contributed by atoms with Crippen molar-refractivity contribution in [1.82, 2.24) is 15.2 Å². The number of rotatable bonds is 6. The zero-order valence-electron chi connectivity index (χ0n) is 16.5. The van der Waals surface area contributed by atoms with E-state index in [2.05, 4.69) is 20.5 Å². The first-order chi connectivity index (χ1) is 13.8. The highest BCUT2D eigenvalue weighted by Crippen LogP contribution is 2.29. The van der Waals surface area contributed by atoms with Gasteiger partial charge in [-0.25, -0.2) is 4.98 Å². The van der Waals surface area contributed by atoms with Crippen molar-refractivity contribution in [2.24, 2.45) is 0 Å². The van der Waals surface area contributed by atoms with Crippen molar-refractivity contribution < 1.29 is 9.72 Å². The molecular formula is C20H21N5O3S. The van der Waals surface area contributed by atoms with Gasteiger partial charge in [-0.2, -0.15) is 0 Å². The number of nitrogens with zero attached hydrogens (tertiary/aromatic N) is 3. The molecule has 1 atom stereocenters. The number of nitrogens with one attached hydrogen (secondary N) is 2. The van der Waals surface area contributed by atoms with E-state index < -0.39 is 10.2 Å². The summed E-state index contributed by atoms with van der Waals surface area (Å²) in [5, 5.41) is 20.9. The van der Waals surface area contributed by atoms with Gasteiger partial charge < -0.3 is 5.32 Å². The average Bonchev–Trinajstić information content (AvgIpc) is 3.12.